The van der Waals surface area contributed by atoms with Crippen molar-refractivity contribution in [2.45, 2.75) is 20.8 Å². The van der Waals surface area contributed by atoms with Crippen molar-refractivity contribution < 1.29 is 0 Å². The predicted octanol–water partition coefficient (Wildman–Crippen LogP) is 1.99. The second-order valence-corrected chi connectivity index (χ2v) is 4.83. The Morgan fingerprint density at radius 3 is 2.45 bits per heavy atom. The molecule has 0 fully saturated rings. The molecule has 0 saturated heterocycles. The minimum atomic E-state index is 0.701. The molecule has 0 N–H and O–H groups in total. The fourth-order valence-electron chi connectivity index (χ4n) is 2.06. The fraction of sp³-hybridized carbons (Fsp3) is 0.286. The molecule has 3 rings (SSSR count). The molecule has 0 aliphatic rings. The van der Waals surface area contributed by atoms with E-state index in [0.29, 0.717) is 11.6 Å². The number of pyridine rings is 1. The van der Waals surface area contributed by atoms with E-state index in [1.807, 2.05) is 56.8 Å². The van der Waals surface area contributed by atoms with Crippen molar-refractivity contribution in [3.8, 4) is 17.3 Å². The van der Waals surface area contributed by atoms with Crippen LogP contribution in [0.5, 0.6) is 0 Å². The molecule has 6 nitrogen and oxygen atoms in total. The standard InChI is InChI=1S/C14H16N6/c1-9-6-5-7-13(15-9)20-14(16-11(3)17-20)12-8-10(2)19(4)18-12/h5-8H,1-4H3. The van der Waals surface area contributed by atoms with Gasteiger partial charge in [-0.15, -0.1) is 5.10 Å². The van der Waals surface area contributed by atoms with Crippen LogP contribution in [0.2, 0.25) is 0 Å². The van der Waals surface area contributed by atoms with Gasteiger partial charge in [-0.1, -0.05) is 6.07 Å². The molecule has 0 amide bonds. The average Bonchev–Trinajstić information content (AvgIpc) is 2.94. The summed E-state index contributed by atoms with van der Waals surface area (Å²) in [6.07, 6.45) is 0. The van der Waals surface area contributed by atoms with E-state index >= 15 is 0 Å². The van der Waals surface area contributed by atoms with Gasteiger partial charge in [-0.25, -0.2) is 9.97 Å². The topological polar surface area (TPSA) is 61.4 Å². The van der Waals surface area contributed by atoms with Crippen LogP contribution in [0.3, 0.4) is 0 Å². The molecule has 0 aliphatic heterocycles. The first-order valence-electron chi connectivity index (χ1n) is 6.43. The molecule has 6 heteroatoms. The van der Waals surface area contributed by atoms with Crippen LogP contribution in [0.1, 0.15) is 17.2 Å². The van der Waals surface area contributed by atoms with Crippen LogP contribution in [-0.2, 0) is 7.05 Å². The summed E-state index contributed by atoms with van der Waals surface area (Å²) in [7, 11) is 1.91. The largest absolute Gasteiger partial charge is 0.272 e. The molecule has 0 atom stereocenters. The number of rotatable bonds is 2. The van der Waals surface area contributed by atoms with Crippen molar-refractivity contribution >= 4 is 0 Å². The first-order valence-corrected chi connectivity index (χ1v) is 6.43. The Bertz CT molecular complexity index is 748. The molecular weight excluding hydrogens is 252 g/mol. The van der Waals surface area contributed by atoms with Gasteiger partial charge in [0.15, 0.2) is 11.6 Å². The lowest BCUT2D eigenvalue weighted by atomic mass is 10.3. The maximum absolute atomic E-state index is 4.50. The SMILES string of the molecule is Cc1cccc(-n2nc(C)nc2-c2cc(C)n(C)n2)n1. The molecule has 0 saturated carbocycles. The lowest BCUT2D eigenvalue weighted by Crippen LogP contribution is -2.03. The molecule has 0 radical (unpaired) electrons. The zero-order valence-electron chi connectivity index (χ0n) is 12.0. The second kappa shape index (κ2) is 4.56. The number of nitrogens with zero attached hydrogens (tertiary/aromatic N) is 6. The van der Waals surface area contributed by atoms with Crippen LogP contribution in [0.4, 0.5) is 0 Å². The van der Waals surface area contributed by atoms with Crippen LogP contribution in [-0.4, -0.2) is 29.5 Å². The Morgan fingerprint density at radius 1 is 1.00 bits per heavy atom. The van der Waals surface area contributed by atoms with E-state index < -0.39 is 0 Å². The Kier molecular flexibility index (Phi) is 2.85. The molecule has 0 unspecified atom stereocenters. The molecule has 102 valence electrons. The zero-order chi connectivity index (χ0) is 14.3. The molecule has 3 heterocycles. The zero-order valence-corrected chi connectivity index (χ0v) is 12.0. The van der Waals surface area contributed by atoms with Gasteiger partial charge >= 0.3 is 0 Å². The summed E-state index contributed by atoms with van der Waals surface area (Å²) in [6.45, 7) is 5.83. The van der Waals surface area contributed by atoms with Gasteiger partial charge < -0.3 is 0 Å². The van der Waals surface area contributed by atoms with Gasteiger partial charge in [0.1, 0.15) is 11.5 Å². The molecule has 0 aromatic carbocycles. The first kappa shape index (κ1) is 12.5. The van der Waals surface area contributed by atoms with Crippen molar-refractivity contribution in [3.63, 3.8) is 0 Å². The van der Waals surface area contributed by atoms with Gasteiger partial charge in [-0.2, -0.15) is 9.78 Å². The highest BCUT2D eigenvalue weighted by molar-refractivity contribution is 5.52. The van der Waals surface area contributed by atoms with Crippen LogP contribution < -0.4 is 0 Å². The monoisotopic (exact) mass is 268 g/mol. The second-order valence-electron chi connectivity index (χ2n) is 4.83. The predicted molar refractivity (Wildman–Crippen MR) is 75.6 cm³/mol. The van der Waals surface area contributed by atoms with Crippen molar-refractivity contribution in [1.29, 1.82) is 0 Å². The van der Waals surface area contributed by atoms with E-state index in [9.17, 15) is 0 Å². The minimum Gasteiger partial charge on any atom is -0.272 e. The Balaban J connectivity index is 2.18. The van der Waals surface area contributed by atoms with Crippen LogP contribution >= 0.6 is 0 Å². The molecular formula is C14H16N6. The van der Waals surface area contributed by atoms with Gasteiger partial charge in [-0.05, 0) is 39.0 Å². The van der Waals surface area contributed by atoms with Gasteiger partial charge in [0.2, 0.25) is 0 Å². The normalized spacial score (nSPS) is 11.0. The van der Waals surface area contributed by atoms with Gasteiger partial charge in [0.25, 0.3) is 0 Å². The van der Waals surface area contributed by atoms with E-state index in [2.05, 4.69) is 20.2 Å². The number of aromatic nitrogens is 6. The molecule has 20 heavy (non-hydrogen) atoms. The highest BCUT2D eigenvalue weighted by Gasteiger charge is 2.15. The molecule has 3 aromatic heterocycles. The average molecular weight is 268 g/mol. The van der Waals surface area contributed by atoms with Crippen molar-refractivity contribution in [1.82, 2.24) is 29.5 Å². The van der Waals surface area contributed by atoms with Gasteiger partial charge in [-0.3, -0.25) is 4.68 Å². The summed E-state index contributed by atoms with van der Waals surface area (Å²) >= 11 is 0. The van der Waals surface area contributed by atoms with Crippen LogP contribution in [0, 0.1) is 20.8 Å². The summed E-state index contributed by atoms with van der Waals surface area (Å²) in [5.41, 5.74) is 2.82. The highest BCUT2D eigenvalue weighted by atomic mass is 15.4. The summed E-state index contributed by atoms with van der Waals surface area (Å²) in [4.78, 5) is 8.98. The van der Waals surface area contributed by atoms with Crippen LogP contribution in [0.15, 0.2) is 24.3 Å². The Hall–Kier alpha value is -2.50. The summed E-state index contributed by atoms with van der Waals surface area (Å²) in [5.74, 6) is 2.17. The minimum absolute atomic E-state index is 0.701. The maximum Gasteiger partial charge on any atom is 0.185 e. The molecule has 3 aromatic rings. The number of aryl methyl sites for hydroxylation is 4. The fourth-order valence-corrected chi connectivity index (χ4v) is 2.06. The van der Waals surface area contributed by atoms with E-state index in [4.69, 9.17) is 0 Å². The Morgan fingerprint density at radius 2 is 1.80 bits per heavy atom. The van der Waals surface area contributed by atoms with Gasteiger partial charge in [0.05, 0.1) is 0 Å². The van der Waals surface area contributed by atoms with Crippen LogP contribution in [0.25, 0.3) is 17.3 Å². The molecule has 0 aliphatic carbocycles. The lowest BCUT2D eigenvalue weighted by molar-refractivity contribution is 0.738. The summed E-state index contributed by atoms with van der Waals surface area (Å²) in [6, 6.07) is 7.83. The molecule has 0 spiro atoms. The third-order valence-electron chi connectivity index (χ3n) is 3.15. The first-order chi connectivity index (χ1) is 9.54. The molecule has 0 bridgehead atoms. The third-order valence-corrected chi connectivity index (χ3v) is 3.15. The van der Waals surface area contributed by atoms with E-state index in [1.165, 1.54) is 0 Å². The highest BCUT2D eigenvalue weighted by Crippen LogP contribution is 2.19. The smallest absolute Gasteiger partial charge is 0.185 e. The van der Waals surface area contributed by atoms with Crippen molar-refractivity contribution in [3.05, 3.63) is 41.5 Å². The number of hydrogen-bond acceptors (Lipinski definition) is 4. The quantitative estimate of drug-likeness (QED) is 0.713. The van der Waals surface area contributed by atoms with E-state index in [1.54, 1.807) is 4.68 Å². The third kappa shape index (κ3) is 2.09. The van der Waals surface area contributed by atoms with E-state index in [0.717, 1.165) is 22.9 Å². The van der Waals surface area contributed by atoms with E-state index in [-0.39, 0.29) is 0 Å². The van der Waals surface area contributed by atoms with Gasteiger partial charge in [0, 0.05) is 18.4 Å². The maximum atomic E-state index is 4.50. The Labute approximate surface area is 117 Å². The lowest BCUT2D eigenvalue weighted by Gasteiger charge is -2.03. The summed E-state index contributed by atoms with van der Waals surface area (Å²) < 4.78 is 3.57. The number of hydrogen-bond donors (Lipinski definition) is 0. The van der Waals surface area contributed by atoms with Crippen molar-refractivity contribution in [2.75, 3.05) is 0 Å². The van der Waals surface area contributed by atoms with Crippen molar-refractivity contribution in [2.24, 2.45) is 7.05 Å². The summed E-state index contributed by atoms with van der Waals surface area (Å²) in [5, 5.41) is 8.90.